The molecule has 1 aromatic rings. The van der Waals surface area contributed by atoms with E-state index in [4.69, 9.17) is 10.5 Å². The van der Waals surface area contributed by atoms with Crippen LogP contribution >= 0.6 is 0 Å². The van der Waals surface area contributed by atoms with Gasteiger partial charge in [0.05, 0.1) is 0 Å². The summed E-state index contributed by atoms with van der Waals surface area (Å²) in [5, 5.41) is 2.73. The van der Waals surface area contributed by atoms with Crippen LogP contribution in [-0.4, -0.2) is 50.6 Å². The Bertz CT molecular complexity index is 496. The zero-order chi connectivity index (χ0) is 15.3. The monoisotopic (exact) mass is 279 g/mol. The third-order valence-electron chi connectivity index (χ3n) is 2.94. The number of aryl methyl sites for hydroxylation is 1. The molecule has 110 valence electrons. The highest BCUT2D eigenvalue weighted by Crippen LogP contribution is 2.18. The average Bonchev–Trinajstić information content (AvgIpc) is 2.41. The van der Waals surface area contributed by atoms with Gasteiger partial charge < -0.3 is 20.7 Å². The second-order valence-electron chi connectivity index (χ2n) is 4.68. The molecule has 0 saturated carbocycles. The summed E-state index contributed by atoms with van der Waals surface area (Å²) in [5.41, 5.74) is 7.40. The van der Waals surface area contributed by atoms with Gasteiger partial charge in [-0.05, 0) is 24.6 Å². The van der Waals surface area contributed by atoms with Gasteiger partial charge in [-0.2, -0.15) is 0 Å². The highest BCUT2D eigenvalue weighted by molar-refractivity contribution is 5.98. The van der Waals surface area contributed by atoms with Crippen LogP contribution in [0.3, 0.4) is 0 Å². The molecule has 3 N–H and O–H groups in total. The number of methoxy groups -OCH3 is 1. The third-order valence-corrected chi connectivity index (χ3v) is 2.94. The number of carbonyl (C=O) groups excluding carboxylic acids is 2. The molecule has 0 aliphatic carbocycles. The first-order valence-electron chi connectivity index (χ1n) is 6.26. The molecule has 6 heteroatoms. The first-order valence-corrected chi connectivity index (χ1v) is 6.26. The molecule has 6 nitrogen and oxygen atoms in total. The lowest BCUT2D eigenvalue weighted by molar-refractivity contribution is -0.125. The minimum absolute atomic E-state index is 0.0949. The minimum Gasteiger partial charge on any atom is -0.370 e. The van der Waals surface area contributed by atoms with Gasteiger partial charge in [0.1, 0.15) is 6.10 Å². The minimum atomic E-state index is -0.706. The quantitative estimate of drug-likeness (QED) is 0.827. The van der Waals surface area contributed by atoms with E-state index in [-0.39, 0.29) is 18.4 Å². The smallest absolute Gasteiger partial charge is 0.254 e. The molecule has 1 unspecified atom stereocenters. The maximum Gasteiger partial charge on any atom is 0.254 e. The van der Waals surface area contributed by atoms with E-state index in [1.165, 1.54) is 12.0 Å². The zero-order valence-corrected chi connectivity index (χ0v) is 12.3. The van der Waals surface area contributed by atoms with Crippen molar-refractivity contribution in [2.75, 3.05) is 33.1 Å². The number of benzene rings is 1. The van der Waals surface area contributed by atoms with Gasteiger partial charge in [0.2, 0.25) is 0 Å². The van der Waals surface area contributed by atoms with Crippen LogP contribution in [0.1, 0.15) is 15.9 Å². The van der Waals surface area contributed by atoms with Crippen LogP contribution in [0.25, 0.3) is 0 Å². The van der Waals surface area contributed by atoms with Gasteiger partial charge in [-0.1, -0.05) is 6.07 Å². The largest absolute Gasteiger partial charge is 0.370 e. The Labute approximate surface area is 118 Å². The SMILES string of the molecule is COC(CN)C(=O)Nc1cc(C(=O)N(C)C)ccc1C. The molecular formula is C14H21N3O3. The standard InChI is InChI=1S/C14H21N3O3/c1-9-5-6-10(14(19)17(2)3)7-11(9)16-13(18)12(8-15)20-4/h5-7,12H,8,15H2,1-4H3,(H,16,18). The summed E-state index contributed by atoms with van der Waals surface area (Å²) in [6.45, 7) is 1.95. The molecular weight excluding hydrogens is 258 g/mol. The van der Waals surface area contributed by atoms with E-state index in [9.17, 15) is 9.59 Å². The summed E-state index contributed by atoms with van der Waals surface area (Å²) < 4.78 is 4.98. The van der Waals surface area contributed by atoms with Crippen molar-refractivity contribution in [2.45, 2.75) is 13.0 Å². The first kappa shape index (κ1) is 16.1. The van der Waals surface area contributed by atoms with E-state index in [1.807, 2.05) is 6.92 Å². The summed E-state index contributed by atoms with van der Waals surface area (Å²) in [6.07, 6.45) is -0.706. The van der Waals surface area contributed by atoms with Crippen LogP contribution in [0.2, 0.25) is 0 Å². The summed E-state index contributed by atoms with van der Waals surface area (Å²) >= 11 is 0. The fraction of sp³-hybridized carbons (Fsp3) is 0.429. The Morgan fingerprint density at radius 1 is 1.40 bits per heavy atom. The number of carbonyl (C=O) groups is 2. The van der Waals surface area contributed by atoms with Gasteiger partial charge in [0.15, 0.2) is 0 Å². The number of nitrogens with one attached hydrogen (secondary N) is 1. The predicted molar refractivity (Wildman–Crippen MR) is 77.7 cm³/mol. The number of anilines is 1. The highest BCUT2D eigenvalue weighted by Gasteiger charge is 2.17. The lowest BCUT2D eigenvalue weighted by Crippen LogP contribution is -2.36. The Morgan fingerprint density at radius 3 is 2.55 bits per heavy atom. The Kier molecular flexibility index (Phi) is 5.66. The Balaban J connectivity index is 2.98. The second kappa shape index (κ2) is 7.02. The van der Waals surface area contributed by atoms with Crippen LogP contribution in [0.15, 0.2) is 18.2 Å². The Hall–Kier alpha value is -1.92. The summed E-state index contributed by atoms with van der Waals surface area (Å²) in [4.78, 5) is 25.3. The number of rotatable bonds is 5. The summed E-state index contributed by atoms with van der Waals surface area (Å²) in [6, 6.07) is 5.17. The molecule has 0 bridgehead atoms. The number of ether oxygens (including phenoxy) is 1. The molecule has 2 amide bonds. The fourth-order valence-electron chi connectivity index (χ4n) is 1.67. The van der Waals surface area contributed by atoms with Crippen LogP contribution in [0.4, 0.5) is 5.69 Å². The van der Waals surface area contributed by atoms with Crippen molar-refractivity contribution in [3.05, 3.63) is 29.3 Å². The number of nitrogens with zero attached hydrogens (tertiary/aromatic N) is 1. The van der Waals surface area contributed by atoms with Gasteiger partial charge >= 0.3 is 0 Å². The van der Waals surface area contributed by atoms with Gasteiger partial charge in [-0.3, -0.25) is 9.59 Å². The zero-order valence-electron chi connectivity index (χ0n) is 12.3. The molecule has 1 rings (SSSR count). The van der Waals surface area contributed by atoms with Crippen molar-refractivity contribution in [3.8, 4) is 0 Å². The van der Waals surface area contributed by atoms with Crippen molar-refractivity contribution in [2.24, 2.45) is 5.73 Å². The van der Waals surface area contributed by atoms with Crippen LogP contribution in [-0.2, 0) is 9.53 Å². The fourth-order valence-corrected chi connectivity index (χ4v) is 1.67. The topological polar surface area (TPSA) is 84.7 Å². The molecule has 0 saturated heterocycles. The van der Waals surface area contributed by atoms with Gasteiger partial charge in [-0.25, -0.2) is 0 Å². The molecule has 0 heterocycles. The van der Waals surface area contributed by atoms with Gasteiger partial charge in [0, 0.05) is 39.0 Å². The van der Waals surface area contributed by atoms with Crippen LogP contribution in [0, 0.1) is 6.92 Å². The lowest BCUT2D eigenvalue weighted by Gasteiger charge is -2.16. The normalized spacial score (nSPS) is 11.8. The maximum absolute atomic E-state index is 11.9. The van der Waals surface area contributed by atoms with E-state index in [0.29, 0.717) is 11.3 Å². The highest BCUT2D eigenvalue weighted by atomic mass is 16.5. The average molecular weight is 279 g/mol. The lowest BCUT2D eigenvalue weighted by atomic mass is 10.1. The van der Waals surface area contributed by atoms with E-state index in [0.717, 1.165) is 5.56 Å². The molecule has 1 aromatic carbocycles. The molecule has 0 aliphatic heterocycles. The van der Waals surface area contributed by atoms with Gasteiger partial charge in [-0.15, -0.1) is 0 Å². The van der Waals surface area contributed by atoms with E-state index < -0.39 is 6.10 Å². The maximum atomic E-state index is 11.9. The Morgan fingerprint density at radius 2 is 2.05 bits per heavy atom. The van der Waals surface area contributed by atoms with Crippen molar-refractivity contribution < 1.29 is 14.3 Å². The molecule has 20 heavy (non-hydrogen) atoms. The molecule has 0 radical (unpaired) electrons. The van der Waals surface area contributed by atoms with Crippen molar-refractivity contribution in [1.82, 2.24) is 4.90 Å². The van der Waals surface area contributed by atoms with Crippen LogP contribution < -0.4 is 11.1 Å². The van der Waals surface area contributed by atoms with Crippen molar-refractivity contribution >= 4 is 17.5 Å². The van der Waals surface area contributed by atoms with E-state index >= 15 is 0 Å². The predicted octanol–water partition coefficient (Wildman–Crippen LogP) is 0.609. The number of amides is 2. The third kappa shape index (κ3) is 3.79. The van der Waals surface area contributed by atoms with Crippen LogP contribution in [0.5, 0.6) is 0 Å². The molecule has 0 fully saturated rings. The first-order chi connectivity index (χ1) is 9.40. The number of hydrogen-bond donors (Lipinski definition) is 2. The second-order valence-corrected chi connectivity index (χ2v) is 4.68. The number of nitrogens with two attached hydrogens (primary N) is 1. The van der Waals surface area contributed by atoms with Crippen molar-refractivity contribution in [3.63, 3.8) is 0 Å². The summed E-state index contributed by atoms with van der Waals surface area (Å²) in [5.74, 6) is -0.449. The van der Waals surface area contributed by atoms with Crippen molar-refractivity contribution in [1.29, 1.82) is 0 Å². The molecule has 0 aliphatic rings. The molecule has 1 atom stereocenters. The van der Waals surface area contributed by atoms with E-state index in [2.05, 4.69) is 5.32 Å². The summed E-state index contributed by atoms with van der Waals surface area (Å²) in [7, 11) is 4.78. The molecule has 0 aromatic heterocycles. The van der Waals surface area contributed by atoms with Gasteiger partial charge in [0.25, 0.3) is 11.8 Å². The molecule has 0 spiro atoms. The number of hydrogen-bond acceptors (Lipinski definition) is 4. The van der Waals surface area contributed by atoms with E-state index in [1.54, 1.807) is 32.3 Å².